The van der Waals surface area contributed by atoms with Gasteiger partial charge in [-0.1, -0.05) is 29.3 Å². The Morgan fingerprint density at radius 2 is 1.65 bits per heavy atom. The number of halogens is 1. The molecule has 0 aliphatic rings. The molecule has 2 aromatic rings. The normalized spacial score (nSPS) is 10.6. The first-order valence-corrected chi connectivity index (χ1v) is 6.76. The predicted molar refractivity (Wildman–Crippen MR) is 79.4 cm³/mol. The molecule has 0 bridgehead atoms. The molecular weight excluding hydrogens is 253 g/mol. The SMILES string of the molecule is Cc1cc(C)cc(COc2cc(F)cc(CCN)c2)c1. The maximum absolute atomic E-state index is 13.5. The molecule has 20 heavy (non-hydrogen) atoms. The number of benzene rings is 2. The highest BCUT2D eigenvalue weighted by atomic mass is 19.1. The lowest BCUT2D eigenvalue weighted by Gasteiger charge is -2.10. The van der Waals surface area contributed by atoms with E-state index < -0.39 is 0 Å². The van der Waals surface area contributed by atoms with E-state index in [-0.39, 0.29) is 5.82 Å². The predicted octanol–water partition coefficient (Wildman–Crippen LogP) is 3.52. The minimum atomic E-state index is -0.286. The van der Waals surface area contributed by atoms with Crippen molar-refractivity contribution in [2.24, 2.45) is 5.73 Å². The summed E-state index contributed by atoms with van der Waals surface area (Å²) < 4.78 is 19.2. The van der Waals surface area contributed by atoms with E-state index in [1.54, 1.807) is 0 Å². The molecule has 106 valence electrons. The number of nitrogens with two attached hydrogens (primary N) is 1. The quantitative estimate of drug-likeness (QED) is 0.904. The van der Waals surface area contributed by atoms with Crippen molar-refractivity contribution >= 4 is 0 Å². The second-order valence-electron chi connectivity index (χ2n) is 5.12. The molecule has 0 radical (unpaired) electrons. The van der Waals surface area contributed by atoms with Crippen molar-refractivity contribution < 1.29 is 9.13 Å². The summed E-state index contributed by atoms with van der Waals surface area (Å²) in [6, 6.07) is 11.0. The first kappa shape index (κ1) is 14.5. The molecule has 0 aromatic heterocycles. The van der Waals surface area contributed by atoms with Crippen LogP contribution >= 0.6 is 0 Å². The lowest BCUT2D eigenvalue weighted by Crippen LogP contribution is -2.04. The van der Waals surface area contributed by atoms with Crippen LogP contribution in [-0.4, -0.2) is 6.54 Å². The molecule has 2 aromatic carbocycles. The van der Waals surface area contributed by atoms with Crippen molar-refractivity contribution in [1.29, 1.82) is 0 Å². The lowest BCUT2D eigenvalue weighted by molar-refractivity contribution is 0.304. The third kappa shape index (κ3) is 4.07. The number of hydrogen-bond donors (Lipinski definition) is 1. The number of ether oxygens (including phenoxy) is 1. The topological polar surface area (TPSA) is 35.2 Å². The van der Waals surface area contributed by atoms with Crippen LogP contribution < -0.4 is 10.5 Å². The van der Waals surface area contributed by atoms with E-state index in [1.165, 1.54) is 23.3 Å². The van der Waals surface area contributed by atoms with Crippen molar-refractivity contribution in [3.63, 3.8) is 0 Å². The van der Waals surface area contributed by atoms with Gasteiger partial charge >= 0.3 is 0 Å². The number of hydrogen-bond acceptors (Lipinski definition) is 2. The van der Waals surface area contributed by atoms with Crippen LogP contribution in [0.1, 0.15) is 22.3 Å². The molecule has 0 aliphatic carbocycles. The van der Waals surface area contributed by atoms with E-state index in [4.69, 9.17) is 10.5 Å². The molecule has 3 heteroatoms. The summed E-state index contributed by atoms with van der Waals surface area (Å²) in [6.45, 7) is 5.05. The van der Waals surface area contributed by atoms with Gasteiger partial charge in [-0.05, 0) is 50.1 Å². The van der Waals surface area contributed by atoms with E-state index in [0.717, 1.165) is 11.1 Å². The second kappa shape index (κ2) is 6.53. The molecule has 2 N–H and O–H groups in total. The summed E-state index contributed by atoms with van der Waals surface area (Å²) in [4.78, 5) is 0. The fraction of sp³-hybridized carbons (Fsp3) is 0.294. The summed E-state index contributed by atoms with van der Waals surface area (Å²) in [5.41, 5.74) is 9.85. The molecule has 0 saturated heterocycles. The van der Waals surface area contributed by atoms with Gasteiger partial charge < -0.3 is 10.5 Å². The zero-order valence-corrected chi connectivity index (χ0v) is 11.9. The van der Waals surface area contributed by atoms with Crippen LogP contribution in [0.4, 0.5) is 4.39 Å². The van der Waals surface area contributed by atoms with Gasteiger partial charge in [0.05, 0.1) is 0 Å². The molecule has 0 unspecified atom stereocenters. The molecule has 0 amide bonds. The Morgan fingerprint density at radius 1 is 0.950 bits per heavy atom. The summed E-state index contributed by atoms with van der Waals surface area (Å²) in [7, 11) is 0. The van der Waals surface area contributed by atoms with Crippen molar-refractivity contribution in [3.05, 3.63) is 64.5 Å². The van der Waals surface area contributed by atoms with E-state index in [2.05, 4.69) is 32.0 Å². The van der Waals surface area contributed by atoms with Gasteiger partial charge in [-0.25, -0.2) is 4.39 Å². The van der Waals surface area contributed by atoms with Gasteiger partial charge in [0.25, 0.3) is 0 Å². The van der Waals surface area contributed by atoms with E-state index in [0.29, 0.717) is 25.3 Å². The van der Waals surface area contributed by atoms with Crippen molar-refractivity contribution in [1.82, 2.24) is 0 Å². The Balaban J connectivity index is 2.10. The summed E-state index contributed by atoms with van der Waals surface area (Å²) >= 11 is 0. The zero-order valence-electron chi connectivity index (χ0n) is 11.9. The van der Waals surface area contributed by atoms with E-state index in [1.807, 2.05) is 6.07 Å². The smallest absolute Gasteiger partial charge is 0.127 e. The van der Waals surface area contributed by atoms with E-state index in [9.17, 15) is 4.39 Å². The largest absolute Gasteiger partial charge is 0.489 e. The lowest BCUT2D eigenvalue weighted by atomic mass is 10.1. The van der Waals surface area contributed by atoms with Gasteiger partial charge in [0.15, 0.2) is 0 Å². The van der Waals surface area contributed by atoms with Crippen LogP contribution in [0.3, 0.4) is 0 Å². The molecule has 2 rings (SSSR count). The van der Waals surface area contributed by atoms with Crippen molar-refractivity contribution in [2.75, 3.05) is 6.54 Å². The van der Waals surface area contributed by atoms with Crippen molar-refractivity contribution in [2.45, 2.75) is 26.9 Å². The standard InChI is InChI=1S/C17H20FNO/c1-12-5-13(2)7-15(6-12)11-20-17-9-14(3-4-19)8-16(18)10-17/h5-10H,3-4,11,19H2,1-2H3. The van der Waals surface area contributed by atoms with Crippen LogP contribution in [0.25, 0.3) is 0 Å². The molecule has 0 spiro atoms. The van der Waals surface area contributed by atoms with Gasteiger partial charge in [0.1, 0.15) is 18.2 Å². The minimum Gasteiger partial charge on any atom is -0.489 e. The molecule has 0 saturated carbocycles. The summed E-state index contributed by atoms with van der Waals surface area (Å²) in [5, 5.41) is 0. The Kier molecular flexibility index (Phi) is 4.74. The van der Waals surface area contributed by atoms with Gasteiger partial charge in [0.2, 0.25) is 0 Å². The molecule has 0 aliphatic heterocycles. The van der Waals surface area contributed by atoms with Gasteiger partial charge in [-0.15, -0.1) is 0 Å². The molecule has 2 nitrogen and oxygen atoms in total. The average molecular weight is 273 g/mol. The summed E-state index contributed by atoms with van der Waals surface area (Å²) in [5.74, 6) is 0.263. The molecule has 0 atom stereocenters. The minimum absolute atomic E-state index is 0.286. The molecular formula is C17H20FNO. The third-order valence-electron chi connectivity index (χ3n) is 3.05. The third-order valence-corrected chi connectivity index (χ3v) is 3.05. The van der Waals surface area contributed by atoms with Gasteiger partial charge in [-0.2, -0.15) is 0 Å². The first-order chi connectivity index (χ1) is 9.56. The monoisotopic (exact) mass is 273 g/mol. The first-order valence-electron chi connectivity index (χ1n) is 6.76. The number of rotatable bonds is 5. The molecule has 0 fully saturated rings. The maximum atomic E-state index is 13.5. The Hall–Kier alpha value is -1.87. The fourth-order valence-corrected chi connectivity index (χ4v) is 2.33. The average Bonchev–Trinajstić information content (AvgIpc) is 2.35. The zero-order chi connectivity index (χ0) is 14.5. The van der Waals surface area contributed by atoms with Gasteiger partial charge in [0, 0.05) is 6.07 Å². The number of aryl methyl sites for hydroxylation is 2. The highest BCUT2D eigenvalue weighted by molar-refractivity contribution is 5.31. The highest BCUT2D eigenvalue weighted by Gasteiger charge is 2.03. The van der Waals surface area contributed by atoms with Crippen LogP contribution in [-0.2, 0) is 13.0 Å². The van der Waals surface area contributed by atoms with Crippen LogP contribution in [0.15, 0.2) is 36.4 Å². The highest BCUT2D eigenvalue weighted by Crippen LogP contribution is 2.19. The van der Waals surface area contributed by atoms with Crippen molar-refractivity contribution in [3.8, 4) is 5.75 Å². The maximum Gasteiger partial charge on any atom is 0.127 e. The van der Waals surface area contributed by atoms with Gasteiger partial charge in [-0.3, -0.25) is 0 Å². The Morgan fingerprint density at radius 3 is 2.30 bits per heavy atom. The van der Waals surface area contributed by atoms with Crippen LogP contribution in [0.2, 0.25) is 0 Å². The fourth-order valence-electron chi connectivity index (χ4n) is 2.33. The molecule has 0 heterocycles. The Labute approximate surface area is 119 Å². The summed E-state index contributed by atoms with van der Waals surface area (Å²) in [6.07, 6.45) is 0.650. The van der Waals surface area contributed by atoms with E-state index >= 15 is 0 Å². The Bertz CT molecular complexity index is 575. The second-order valence-corrected chi connectivity index (χ2v) is 5.12. The van der Waals surface area contributed by atoms with Crippen LogP contribution in [0, 0.1) is 19.7 Å². The van der Waals surface area contributed by atoms with Crippen LogP contribution in [0.5, 0.6) is 5.75 Å².